The maximum Gasteiger partial charge on any atom is 0.228 e. The lowest BCUT2D eigenvalue weighted by atomic mass is 10.3. The van der Waals surface area contributed by atoms with Gasteiger partial charge in [0.1, 0.15) is 17.6 Å². The third-order valence-corrected chi connectivity index (χ3v) is 2.31. The summed E-state index contributed by atoms with van der Waals surface area (Å²) in [5, 5.41) is 11.9. The molecular formula is C12H8ClFN4. The van der Waals surface area contributed by atoms with Crippen LogP contribution in [-0.2, 0) is 0 Å². The highest BCUT2D eigenvalue weighted by molar-refractivity contribution is 6.30. The van der Waals surface area contributed by atoms with Crippen LogP contribution in [0.2, 0.25) is 5.02 Å². The zero-order valence-corrected chi connectivity index (χ0v) is 10.2. The van der Waals surface area contributed by atoms with E-state index in [-0.39, 0.29) is 16.7 Å². The zero-order valence-electron chi connectivity index (χ0n) is 9.41. The molecule has 2 aromatic rings. The topological polar surface area (TPSA) is 61.6 Å². The number of nitrogens with zero attached hydrogens (tertiary/aromatic N) is 3. The van der Waals surface area contributed by atoms with E-state index in [0.717, 1.165) is 0 Å². The van der Waals surface area contributed by atoms with Gasteiger partial charge < -0.3 is 5.32 Å². The van der Waals surface area contributed by atoms with Gasteiger partial charge in [0.05, 0.1) is 0 Å². The van der Waals surface area contributed by atoms with Crippen LogP contribution in [0.4, 0.5) is 16.0 Å². The molecule has 1 heterocycles. The minimum absolute atomic E-state index is 0.230. The number of nitrogens with one attached hydrogen (secondary N) is 1. The Morgan fingerprint density at radius 3 is 2.72 bits per heavy atom. The van der Waals surface area contributed by atoms with Crippen molar-refractivity contribution in [1.29, 1.82) is 5.26 Å². The van der Waals surface area contributed by atoms with Crippen molar-refractivity contribution in [2.45, 2.75) is 6.92 Å². The monoisotopic (exact) mass is 262 g/mol. The van der Waals surface area contributed by atoms with E-state index in [1.165, 1.54) is 12.1 Å². The molecule has 0 bridgehead atoms. The molecule has 18 heavy (non-hydrogen) atoms. The van der Waals surface area contributed by atoms with E-state index in [1.807, 2.05) is 6.07 Å². The molecule has 0 spiro atoms. The van der Waals surface area contributed by atoms with Crippen molar-refractivity contribution in [2.24, 2.45) is 0 Å². The highest BCUT2D eigenvalue weighted by Gasteiger charge is 2.04. The van der Waals surface area contributed by atoms with Crippen LogP contribution in [0.5, 0.6) is 0 Å². The van der Waals surface area contributed by atoms with Gasteiger partial charge in [-0.2, -0.15) is 5.26 Å². The van der Waals surface area contributed by atoms with E-state index in [0.29, 0.717) is 11.4 Å². The Bertz CT molecular complexity index is 616. The van der Waals surface area contributed by atoms with Gasteiger partial charge in [-0.15, -0.1) is 0 Å². The Morgan fingerprint density at radius 1 is 1.28 bits per heavy atom. The van der Waals surface area contributed by atoms with Gasteiger partial charge in [0.2, 0.25) is 5.95 Å². The molecule has 0 unspecified atom stereocenters. The van der Waals surface area contributed by atoms with Crippen LogP contribution in [-0.4, -0.2) is 9.97 Å². The fraction of sp³-hybridized carbons (Fsp3) is 0.0833. The summed E-state index contributed by atoms with van der Waals surface area (Å²) in [6.07, 6.45) is 0. The first-order valence-corrected chi connectivity index (χ1v) is 5.43. The van der Waals surface area contributed by atoms with Gasteiger partial charge in [0, 0.05) is 16.4 Å². The molecule has 4 nitrogen and oxygen atoms in total. The van der Waals surface area contributed by atoms with Crippen molar-refractivity contribution >= 4 is 23.2 Å². The number of aromatic nitrogens is 2. The number of hydrogen-bond donors (Lipinski definition) is 1. The van der Waals surface area contributed by atoms with E-state index in [2.05, 4.69) is 15.3 Å². The van der Waals surface area contributed by atoms with E-state index < -0.39 is 5.82 Å². The van der Waals surface area contributed by atoms with Crippen molar-refractivity contribution in [1.82, 2.24) is 9.97 Å². The highest BCUT2D eigenvalue weighted by Crippen LogP contribution is 2.20. The molecule has 0 aliphatic carbocycles. The summed E-state index contributed by atoms with van der Waals surface area (Å²) in [5.41, 5.74) is 1.31. The maximum atomic E-state index is 13.1. The van der Waals surface area contributed by atoms with Gasteiger partial charge in [0.15, 0.2) is 0 Å². The molecule has 0 saturated carbocycles. The summed E-state index contributed by atoms with van der Waals surface area (Å²) >= 11 is 5.73. The van der Waals surface area contributed by atoms with Gasteiger partial charge in [-0.1, -0.05) is 11.6 Å². The van der Waals surface area contributed by atoms with Crippen molar-refractivity contribution in [3.63, 3.8) is 0 Å². The minimum atomic E-state index is -0.460. The molecule has 2 rings (SSSR count). The van der Waals surface area contributed by atoms with Crippen molar-refractivity contribution < 1.29 is 4.39 Å². The lowest BCUT2D eigenvalue weighted by Gasteiger charge is -2.06. The normalized spacial score (nSPS) is 9.89. The third kappa shape index (κ3) is 2.93. The Kier molecular flexibility index (Phi) is 3.40. The SMILES string of the molecule is Cc1cc(C#N)nc(Nc2cc(F)cc(Cl)c2)n1. The zero-order chi connectivity index (χ0) is 13.1. The molecular weight excluding hydrogens is 255 g/mol. The molecule has 0 atom stereocenters. The Morgan fingerprint density at radius 2 is 2.06 bits per heavy atom. The molecule has 6 heteroatoms. The Balaban J connectivity index is 2.34. The molecule has 90 valence electrons. The predicted molar refractivity (Wildman–Crippen MR) is 66.2 cm³/mol. The van der Waals surface area contributed by atoms with Crippen molar-refractivity contribution in [3.05, 3.63) is 46.5 Å². The van der Waals surface area contributed by atoms with Gasteiger partial charge in [0.25, 0.3) is 0 Å². The number of anilines is 2. The average molecular weight is 263 g/mol. The summed E-state index contributed by atoms with van der Waals surface area (Å²) in [5.74, 6) is -0.230. The van der Waals surface area contributed by atoms with Crippen molar-refractivity contribution in [2.75, 3.05) is 5.32 Å². The number of rotatable bonds is 2. The quantitative estimate of drug-likeness (QED) is 0.903. The van der Waals surface area contributed by atoms with Crippen LogP contribution in [0.1, 0.15) is 11.4 Å². The number of aryl methyl sites for hydroxylation is 1. The maximum absolute atomic E-state index is 13.1. The first-order chi connectivity index (χ1) is 8.56. The highest BCUT2D eigenvalue weighted by atomic mass is 35.5. The van der Waals surface area contributed by atoms with Crippen LogP contribution >= 0.6 is 11.6 Å². The van der Waals surface area contributed by atoms with Gasteiger partial charge in [-0.05, 0) is 31.2 Å². The molecule has 1 aromatic carbocycles. The largest absolute Gasteiger partial charge is 0.324 e. The summed E-state index contributed by atoms with van der Waals surface area (Å²) < 4.78 is 13.1. The van der Waals surface area contributed by atoms with Crippen LogP contribution in [0.15, 0.2) is 24.3 Å². The predicted octanol–water partition coefficient (Wildman–Crippen LogP) is 3.19. The second-order valence-electron chi connectivity index (χ2n) is 3.61. The summed E-state index contributed by atoms with van der Waals surface area (Å²) in [4.78, 5) is 8.06. The number of hydrogen-bond acceptors (Lipinski definition) is 4. The third-order valence-electron chi connectivity index (χ3n) is 2.09. The number of nitriles is 1. The Hall–Kier alpha value is -2.19. The number of benzene rings is 1. The molecule has 1 N–H and O–H groups in total. The number of halogens is 2. The van der Waals surface area contributed by atoms with Gasteiger partial charge >= 0.3 is 0 Å². The summed E-state index contributed by atoms with van der Waals surface area (Å²) in [6, 6.07) is 7.50. The lowest BCUT2D eigenvalue weighted by molar-refractivity contribution is 0.628. The van der Waals surface area contributed by atoms with Crippen LogP contribution in [0.3, 0.4) is 0 Å². The molecule has 0 aliphatic heterocycles. The van der Waals surface area contributed by atoms with Crippen LogP contribution in [0.25, 0.3) is 0 Å². The molecule has 0 aliphatic rings. The molecule has 0 amide bonds. The van der Waals surface area contributed by atoms with E-state index in [4.69, 9.17) is 16.9 Å². The average Bonchev–Trinajstić information content (AvgIpc) is 2.26. The molecule has 1 aromatic heterocycles. The minimum Gasteiger partial charge on any atom is -0.324 e. The van der Waals surface area contributed by atoms with Crippen molar-refractivity contribution in [3.8, 4) is 6.07 Å². The van der Waals surface area contributed by atoms with E-state index >= 15 is 0 Å². The summed E-state index contributed by atoms with van der Waals surface area (Å²) in [7, 11) is 0. The lowest BCUT2D eigenvalue weighted by Crippen LogP contribution is -2.00. The Labute approximate surface area is 108 Å². The summed E-state index contributed by atoms with van der Waals surface area (Å²) in [6.45, 7) is 1.74. The van der Waals surface area contributed by atoms with E-state index in [9.17, 15) is 4.39 Å². The first kappa shape index (κ1) is 12.3. The molecule has 0 saturated heterocycles. The smallest absolute Gasteiger partial charge is 0.228 e. The van der Waals surface area contributed by atoms with Gasteiger partial charge in [-0.25, -0.2) is 14.4 Å². The fourth-order valence-corrected chi connectivity index (χ4v) is 1.66. The molecule has 0 fully saturated rings. The fourth-order valence-electron chi connectivity index (χ4n) is 1.44. The van der Waals surface area contributed by atoms with Crippen LogP contribution < -0.4 is 5.32 Å². The van der Waals surface area contributed by atoms with Gasteiger partial charge in [-0.3, -0.25) is 0 Å². The van der Waals surface area contributed by atoms with E-state index in [1.54, 1.807) is 19.1 Å². The molecule has 0 radical (unpaired) electrons. The second-order valence-corrected chi connectivity index (χ2v) is 4.05. The van der Waals surface area contributed by atoms with Crippen LogP contribution in [0, 0.1) is 24.1 Å². The standard InChI is InChI=1S/C12H8ClFN4/c1-7-2-11(6-15)18-12(16-7)17-10-4-8(13)3-9(14)5-10/h2-5H,1H3,(H,16,17,18). The second kappa shape index (κ2) is 4.98. The first-order valence-electron chi connectivity index (χ1n) is 5.06.